The average molecular weight is 401 g/mol. The molecule has 0 radical (unpaired) electrons. The van der Waals surface area contributed by atoms with Crippen molar-refractivity contribution in [3.8, 4) is 5.75 Å². The van der Waals surface area contributed by atoms with Crippen molar-refractivity contribution in [2.24, 2.45) is 0 Å². The minimum Gasteiger partial charge on any atom is -0.492 e. The van der Waals surface area contributed by atoms with Crippen LogP contribution < -0.4 is 10.1 Å². The minimum atomic E-state index is -0.0935. The Morgan fingerprint density at radius 1 is 1.14 bits per heavy atom. The maximum atomic E-state index is 12.3. The number of aromatic nitrogens is 2. The van der Waals surface area contributed by atoms with Gasteiger partial charge in [0.15, 0.2) is 0 Å². The van der Waals surface area contributed by atoms with Crippen LogP contribution in [0, 0.1) is 0 Å². The number of nitrogens with zero attached hydrogens (tertiary/aromatic N) is 3. The summed E-state index contributed by atoms with van der Waals surface area (Å²) in [6, 6.07) is 9.20. The van der Waals surface area contributed by atoms with Gasteiger partial charge >= 0.3 is 0 Å². The Balaban J connectivity index is 1.72. The van der Waals surface area contributed by atoms with Crippen molar-refractivity contribution in [3.63, 3.8) is 0 Å². The van der Waals surface area contributed by atoms with Crippen LogP contribution in [0.2, 0.25) is 0 Å². The maximum Gasteiger partial charge on any atom is 0.224 e. The highest BCUT2D eigenvalue weighted by Crippen LogP contribution is 2.18. The summed E-state index contributed by atoms with van der Waals surface area (Å²) in [6.07, 6.45) is 6.80. The van der Waals surface area contributed by atoms with E-state index >= 15 is 0 Å². The van der Waals surface area contributed by atoms with Gasteiger partial charge in [0.25, 0.3) is 0 Å². The number of ether oxygens (including phenoxy) is 1. The molecule has 1 heterocycles. The standard InChI is InChI=1S/C22H32N4O3/c1-3-13-25(14-4-2)22(28)11-6-10-21(27)24-19-8-5-9-20(18-19)29-17-16-26-15-7-12-23-26/h5,7-9,12,15,18H,3-4,6,10-11,13-14,16-17H2,1-2H3,(H,24,27). The molecule has 1 N–H and O–H groups in total. The third-order valence-electron chi connectivity index (χ3n) is 4.40. The number of carbonyl (C=O) groups excluding carboxylic acids is 2. The zero-order valence-corrected chi connectivity index (χ0v) is 17.5. The van der Waals surface area contributed by atoms with Gasteiger partial charge in [-0.25, -0.2) is 0 Å². The van der Waals surface area contributed by atoms with Crippen LogP contribution in [-0.4, -0.2) is 46.2 Å². The van der Waals surface area contributed by atoms with E-state index in [1.54, 1.807) is 16.9 Å². The van der Waals surface area contributed by atoms with Crippen molar-refractivity contribution < 1.29 is 14.3 Å². The molecule has 0 atom stereocenters. The quantitative estimate of drug-likeness (QED) is 0.556. The summed E-state index contributed by atoms with van der Waals surface area (Å²) in [4.78, 5) is 26.4. The summed E-state index contributed by atoms with van der Waals surface area (Å²) in [5, 5.41) is 7.01. The Morgan fingerprint density at radius 2 is 1.93 bits per heavy atom. The van der Waals surface area contributed by atoms with Crippen LogP contribution in [0.1, 0.15) is 46.0 Å². The van der Waals surface area contributed by atoms with Gasteiger partial charge in [0, 0.05) is 50.1 Å². The first-order valence-corrected chi connectivity index (χ1v) is 10.4. The largest absolute Gasteiger partial charge is 0.492 e. The second-order valence-corrected chi connectivity index (χ2v) is 6.93. The Bertz CT molecular complexity index is 740. The molecule has 0 bridgehead atoms. The van der Waals surface area contributed by atoms with Crippen molar-refractivity contribution in [2.75, 3.05) is 25.0 Å². The normalized spacial score (nSPS) is 10.6. The van der Waals surface area contributed by atoms with Crippen molar-refractivity contribution in [1.29, 1.82) is 0 Å². The molecule has 1 aromatic heterocycles. The fourth-order valence-electron chi connectivity index (χ4n) is 3.04. The predicted molar refractivity (Wildman–Crippen MR) is 114 cm³/mol. The number of benzene rings is 1. The molecule has 1 aromatic carbocycles. The predicted octanol–water partition coefficient (Wildman–Crippen LogP) is 3.72. The smallest absolute Gasteiger partial charge is 0.224 e. The van der Waals surface area contributed by atoms with Crippen molar-refractivity contribution in [2.45, 2.75) is 52.5 Å². The van der Waals surface area contributed by atoms with E-state index < -0.39 is 0 Å². The molecule has 2 amide bonds. The Labute approximate surface area is 173 Å². The van der Waals surface area contributed by atoms with E-state index in [1.807, 2.05) is 35.4 Å². The molecule has 29 heavy (non-hydrogen) atoms. The highest BCUT2D eigenvalue weighted by atomic mass is 16.5. The second-order valence-electron chi connectivity index (χ2n) is 6.93. The molecule has 7 nitrogen and oxygen atoms in total. The van der Waals surface area contributed by atoms with Gasteiger partial charge in [-0.05, 0) is 37.5 Å². The number of amides is 2. The van der Waals surface area contributed by atoms with Crippen LogP contribution in [-0.2, 0) is 16.1 Å². The Kier molecular flexibility index (Phi) is 9.75. The van der Waals surface area contributed by atoms with Crippen LogP contribution in [0.5, 0.6) is 5.75 Å². The molecule has 0 fully saturated rings. The third-order valence-corrected chi connectivity index (χ3v) is 4.40. The molecule has 0 unspecified atom stereocenters. The minimum absolute atomic E-state index is 0.0935. The van der Waals surface area contributed by atoms with Crippen molar-refractivity contribution >= 4 is 17.5 Å². The summed E-state index contributed by atoms with van der Waals surface area (Å²) in [7, 11) is 0. The summed E-state index contributed by atoms with van der Waals surface area (Å²) in [6.45, 7) is 6.85. The average Bonchev–Trinajstić information content (AvgIpc) is 3.21. The molecular formula is C22H32N4O3. The molecule has 0 saturated carbocycles. The van der Waals surface area contributed by atoms with E-state index in [4.69, 9.17) is 4.74 Å². The molecule has 0 saturated heterocycles. The van der Waals surface area contributed by atoms with Gasteiger partial charge in [-0.15, -0.1) is 0 Å². The van der Waals surface area contributed by atoms with Gasteiger partial charge in [-0.2, -0.15) is 5.10 Å². The van der Waals surface area contributed by atoms with E-state index in [1.165, 1.54) is 0 Å². The number of carbonyl (C=O) groups is 2. The molecule has 7 heteroatoms. The van der Waals surface area contributed by atoms with Gasteiger partial charge in [0.2, 0.25) is 11.8 Å². The Hall–Kier alpha value is -2.83. The summed E-state index contributed by atoms with van der Waals surface area (Å²) < 4.78 is 7.52. The highest BCUT2D eigenvalue weighted by Gasteiger charge is 2.12. The van der Waals surface area contributed by atoms with Gasteiger partial charge in [0.1, 0.15) is 12.4 Å². The van der Waals surface area contributed by atoms with E-state index in [0.29, 0.717) is 43.9 Å². The fraction of sp³-hybridized carbons (Fsp3) is 0.500. The highest BCUT2D eigenvalue weighted by molar-refractivity contribution is 5.91. The van der Waals surface area contributed by atoms with E-state index in [9.17, 15) is 9.59 Å². The van der Waals surface area contributed by atoms with Gasteiger partial charge in [-0.3, -0.25) is 14.3 Å². The van der Waals surface area contributed by atoms with Crippen LogP contribution >= 0.6 is 0 Å². The topological polar surface area (TPSA) is 76.5 Å². The van der Waals surface area contributed by atoms with Crippen LogP contribution in [0.15, 0.2) is 42.7 Å². The van der Waals surface area contributed by atoms with Gasteiger partial charge in [-0.1, -0.05) is 19.9 Å². The van der Waals surface area contributed by atoms with Crippen LogP contribution in [0.3, 0.4) is 0 Å². The molecule has 0 aliphatic carbocycles. The zero-order valence-electron chi connectivity index (χ0n) is 17.5. The number of hydrogen-bond acceptors (Lipinski definition) is 4. The summed E-state index contributed by atoms with van der Waals surface area (Å²) in [5.74, 6) is 0.734. The molecule has 0 aliphatic heterocycles. The number of rotatable bonds is 13. The van der Waals surface area contributed by atoms with Gasteiger partial charge in [0.05, 0.1) is 6.54 Å². The molecular weight excluding hydrogens is 368 g/mol. The van der Waals surface area contributed by atoms with Crippen LogP contribution in [0.25, 0.3) is 0 Å². The first-order valence-electron chi connectivity index (χ1n) is 10.4. The molecule has 0 spiro atoms. The number of hydrogen-bond donors (Lipinski definition) is 1. The Morgan fingerprint density at radius 3 is 2.62 bits per heavy atom. The SMILES string of the molecule is CCCN(CCC)C(=O)CCCC(=O)Nc1cccc(OCCn2cccn2)c1. The maximum absolute atomic E-state index is 12.3. The summed E-state index contributed by atoms with van der Waals surface area (Å²) in [5.41, 5.74) is 0.691. The van der Waals surface area contributed by atoms with Gasteiger partial charge < -0.3 is 15.0 Å². The second kappa shape index (κ2) is 12.6. The number of anilines is 1. The van der Waals surface area contributed by atoms with Crippen molar-refractivity contribution in [1.82, 2.24) is 14.7 Å². The molecule has 158 valence electrons. The first-order chi connectivity index (χ1) is 14.1. The third kappa shape index (κ3) is 8.37. The van der Waals surface area contributed by atoms with E-state index in [-0.39, 0.29) is 11.8 Å². The molecule has 2 aromatic rings. The molecule has 0 aliphatic rings. The fourth-order valence-corrected chi connectivity index (χ4v) is 3.04. The lowest BCUT2D eigenvalue weighted by molar-refractivity contribution is -0.131. The monoisotopic (exact) mass is 400 g/mol. The summed E-state index contributed by atoms with van der Waals surface area (Å²) >= 11 is 0. The lowest BCUT2D eigenvalue weighted by Crippen LogP contribution is -2.32. The lowest BCUT2D eigenvalue weighted by Gasteiger charge is -2.21. The van der Waals surface area contributed by atoms with E-state index in [0.717, 1.165) is 25.9 Å². The first kappa shape index (κ1) is 22.5. The van der Waals surface area contributed by atoms with E-state index in [2.05, 4.69) is 24.3 Å². The van der Waals surface area contributed by atoms with Crippen LogP contribution in [0.4, 0.5) is 5.69 Å². The lowest BCUT2D eigenvalue weighted by atomic mass is 10.2. The zero-order chi connectivity index (χ0) is 20.9. The number of nitrogens with one attached hydrogen (secondary N) is 1. The van der Waals surface area contributed by atoms with Crippen molar-refractivity contribution in [3.05, 3.63) is 42.7 Å². The molecule has 2 rings (SSSR count).